The molecule has 0 aliphatic heterocycles. The molecule has 1 rings (SSSR count). The summed E-state index contributed by atoms with van der Waals surface area (Å²) in [6.07, 6.45) is 1.38. The van der Waals surface area contributed by atoms with Crippen molar-refractivity contribution in [3.63, 3.8) is 0 Å². The van der Waals surface area contributed by atoms with Gasteiger partial charge in [0.1, 0.15) is 5.75 Å². The van der Waals surface area contributed by atoms with Gasteiger partial charge in [0.2, 0.25) is 5.91 Å². The lowest BCUT2D eigenvalue weighted by Gasteiger charge is -2.11. The Morgan fingerprint density at radius 2 is 2.32 bits per heavy atom. The molecule has 1 amide bonds. The molecular formula is C14H22N2O3. The van der Waals surface area contributed by atoms with Crippen molar-refractivity contribution in [3.05, 3.63) is 24.3 Å². The Kier molecular flexibility index (Phi) is 6.74. The van der Waals surface area contributed by atoms with Crippen molar-refractivity contribution < 1.29 is 14.6 Å². The van der Waals surface area contributed by atoms with Crippen molar-refractivity contribution in [2.75, 3.05) is 18.9 Å². The molecule has 0 heterocycles. The predicted molar refractivity (Wildman–Crippen MR) is 74.9 cm³/mol. The molecule has 1 aromatic carbocycles. The highest BCUT2D eigenvalue weighted by Crippen LogP contribution is 2.14. The van der Waals surface area contributed by atoms with Gasteiger partial charge < -0.3 is 20.9 Å². The van der Waals surface area contributed by atoms with Crippen molar-refractivity contribution in [2.45, 2.75) is 32.3 Å². The molecule has 0 radical (unpaired) electrons. The minimum absolute atomic E-state index is 0.126. The van der Waals surface area contributed by atoms with Crippen molar-refractivity contribution in [2.24, 2.45) is 0 Å². The highest BCUT2D eigenvalue weighted by atomic mass is 16.5. The molecule has 0 spiro atoms. The average molecular weight is 266 g/mol. The van der Waals surface area contributed by atoms with Crippen LogP contribution in [-0.4, -0.2) is 30.3 Å². The summed E-state index contributed by atoms with van der Waals surface area (Å²) in [7, 11) is 0. The summed E-state index contributed by atoms with van der Waals surface area (Å²) >= 11 is 0. The zero-order valence-corrected chi connectivity index (χ0v) is 11.3. The number of hydrogen-bond acceptors (Lipinski definition) is 4. The van der Waals surface area contributed by atoms with Crippen LogP contribution in [0.3, 0.4) is 0 Å². The van der Waals surface area contributed by atoms with Crippen LogP contribution in [-0.2, 0) is 4.79 Å². The molecule has 5 heteroatoms. The van der Waals surface area contributed by atoms with Gasteiger partial charge in [0, 0.05) is 18.3 Å². The molecule has 4 N–H and O–H groups in total. The van der Waals surface area contributed by atoms with E-state index < -0.39 is 6.10 Å². The standard InChI is InChI=1S/C14H22N2O3/c1-2-4-12(17)10-16-14(18)7-8-19-13-6-3-5-11(15)9-13/h3,5-6,9,12,17H,2,4,7-8,10,15H2,1H3,(H,16,18). The molecule has 106 valence electrons. The van der Waals surface area contributed by atoms with Gasteiger partial charge >= 0.3 is 0 Å². The number of amides is 1. The lowest BCUT2D eigenvalue weighted by Crippen LogP contribution is -2.32. The Balaban J connectivity index is 2.17. The van der Waals surface area contributed by atoms with Gasteiger partial charge in [-0.1, -0.05) is 19.4 Å². The zero-order valence-electron chi connectivity index (χ0n) is 11.3. The van der Waals surface area contributed by atoms with E-state index in [0.717, 1.165) is 6.42 Å². The number of carbonyl (C=O) groups excluding carboxylic acids is 1. The van der Waals surface area contributed by atoms with Crippen LogP contribution in [0.4, 0.5) is 5.69 Å². The Morgan fingerprint density at radius 3 is 3.00 bits per heavy atom. The summed E-state index contributed by atoms with van der Waals surface area (Å²) in [4.78, 5) is 11.5. The first-order valence-electron chi connectivity index (χ1n) is 6.55. The van der Waals surface area contributed by atoms with Crippen LogP contribution in [0, 0.1) is 0 Å². The topological polar surface area (TPSA) is 84.6 Å². The number of benzene rings is 1. The Morgan fingerprint density at radius 1 is 1.53 bits per heavy atom. The molecule has 0 aliphatic carbocycles. The number of nitrogens with two attached hydrogens (primary N) is 1. The minimum Gasteiger partial charge on any atom is -0.493 e. The zero-order chi connectivity index (χ0) is 14.1. The Bertz CT molecular complexity index is 396. The summed E-state index contributed by atoms with van der Waals surface area (Å²) in [6.45, 7) is 2.58. The largest absolute Gasteiger partial charge is 0.493 e. The van der Waals surface area contributed by atoms with Crippen LogP contribution in [0.2, 0.25) is 0 Å². The third-order valence-corrected chi connectivity index (χ3v) is 2.61. The molecule has 0 aliphatic rings. The summed E-state index contributed by atoms with van der Waals surface area (Å²) in [5, 5.41) is 12.1. The quantitative estimate of drug-likeness (QED) is 0.619. The number of nitrogens with one attached hydrogen (secondary N) is 1. The lowest BCUT2D eigenvalue weighted by molar-refractivity contribution is -0.122. The molecule has 5 nitrogen and oxygen atoms in total. The molecule has 1 atom stereocenters. The molecule has 0 saturated carbocycles. The fraction of sp³-hybridized carbons (Fsp3) is 0.500. The van der Waals surface area contributed by atoms with Crippen LogP contribution in [0.15, 0.2) is 24.3 Å². The highest BCUT2D eigenvalue weighted by Gasteiger charge is 2.06. The number of aliphatic hydroxyl groups excluding tert-OH is 1. The second kappa shape index (κ2) is 8.37. The molecule has 0 fully saturated rings. The summed E-state index contributed by atoms with van der Waals surface area (Å²) in [5.74, 6) is 0.526. The summed E-state index contributed by atoms with van der Waals surface area (Å²) in [5.41, 5.74) is 6.24. The first-order valence-corrected chi connectivity index (χ1v) is 6.55. The number of rotatable bonds is 8. The lowest BCUT2D eigenvalue weighted by atomic mass is 10.2. The SMILES string of the molecule is CCCC(O)CNC(=O)CCOc1cccc(N)c1. The fourth-order valence-corrected chi connectivity index (χ4v) is 1.62. The number of anilines is 1. The number of aliphatic hydroxyl groups is 1. The van der Waals surface area contributed by atoms with E-state index in [1.807, 2.05) is 6.92 Å². The van der Waals surface area contributed by atoms with Crippen molar-refractivity contribution in [3.8, 4) is 5.75 Å². The molecular weight excluding hydrogens is 244 g/mol. The van der Waals surface area contributed by atoms with E-state index in [1.165, 1.54) is 0 Å². The summed E-state index contributed by atoms with van der Waals surface area (Å²) in [6, 6.07) is 7.07. The Hall–Kier alpha value is -1.75. The van der Waals surface area contributed by atoms with E-state index in [0.29, 0.717) is 31.0 Å². The van der Waals surface area contributed by atoms with Gasteiger partial charge in [0.05, 0.1) is 19.1 Å². The van der Waals surface area contributed by atoms with E-state index >= 15 is 0 Å². The van der Waals surface area contributed by atoms with Gasteiger partial charge in [-0.2, -0.15) is 0 Å². The van der Waals surface area contributed by atoms with E-state index in [2.05, 4.69) is 5.32 Å². The highest BCUT2D eigenvalue weighted by molar-refractivity contribution is 5.76. The van der Waals surface area contributed by atoms with Crippen LogP contribution < -0.4 is 15.8 Å². The van der Waals surface area contributed by atoms with Crippen LogP contribution in [0.5, 0.6) is 5.75 Å². The van der Waals surface area contributed by atoms with Crippen molar-refractivity contribution >= 4 is 11.6 Å². The van der Waals surface area contributed by atoms with E-state index in [4.69, 9.17) is 10.5 Å². The van der Waals surface area contributed by atoms with Crippen LogP contribution in [0.25, 0.3) is 0 Å². The van der Waals surface area contributed by atoms with Gasteiger partial charge in [-0.05, 0) is 18.6 Å². The maximum atomic E-state index is 11.5. The van der Waals surface area contributed by atoms with E-state index in [9.17, 15) is 9.90 Å². The average Bonchev–Trinajstić information content (AvgIpc) is 2.37. The molecule has 19 heavy (non-hydrogen) atoms. The van der Waals surface area contributed by atoms with Crippen molar-refractivity contribution in [1.29, 1.82) is 0 Å². The molecule has 1 aromatic rings. The number of nitrogen functional groups attached to an aromatic ring is 1. The van der Waals surface area contributed by atoms with Crippen molar-refractivity contribution in [1.82, 2.24) is 5.32 Å². The number of ether oxygens (including phenoxy) is 1. The van der Waals surface area contributed by atoms with Crippen LogP contribution in [0.1, 0.15) is 26.2 Å². The van der Waals surface area contributed by atoms with E-state index in [1.54, 1.807) is 24.3 Å². The maximum Gasteiger partial charge on any atom is 0.223 e. The monoisotopic (exact) mass is 266 g/mol. The smallest absolute Gasteiger partial charge is 0.223 e. The number of hydrogen-bond donors (Lipinski definition) is 3. The third-order valence-electron chi connectivity index (χ3n) is 2.61. The molecule has 1 unspecified atom stereocenters. The number of carbonyl (C=O) groups is 1. The second-order valence-electron chi connectivity index (χ2n) is 4.42. The first kappa shape index (κ1) is 15.3. The Labute approximate surface area is 113 Å². The predicted octanol–water partition coefficient (Wildman–Crippen LogP) is 1.31. The maximum absolute atomic E-state index is 11.5. The first-order chi connectivity index (χ1) is 9.11. The molecule has 0 aromatic heterocycles. The molecule has 0 saturated heterocycles. The fourth-order valence-electron chi connectivity index (χ4n) is 1.62. The van der Waals surface area contributed by atoms with Gasteiger partial charge in [-0.3, -0.25) is 4.79 Å². The van der Waals surface area contributed by atoms with E-state index in [-0.39, 0.29) is 12.3 Å². The van der Waals surface area contributed by atoms with Gasteiger partial charge in [-0.25, -0.2) is 0 Å². The normalized spacial score (nSPS) is 11.9. The second-order valence-corrected chi connectivity index (χ2v) is 4.42. The third kappa shape index (κ3) is 6.67. The summed E-state index contributed by atoms with van der Waals surface area (Å²) < 4.78 is 5.41. The van der Waals surface area contributed by atoms with Gasteiger partial charge in [0.25, 0.3) is 0 Å². The van der Waals surface area contributed by atoms with Gasteiger partial charge in [-0.15, -0.1) is 0 Å². The van der Waals surface area contributed by atoms with Gasteiger partial charge in [0.15, 0.2) is 0 Å². The van der Waals surface area contributed by atoms with Crippen LogP contribution >= 0.6 is 0 Å². The minimum atomic E-state index is -0.469. The molecule has 0 bridgehead atoms.